The Morgan fingerprint density at radius 1 is 1.33 bits per heavy atom. The van der Waals surface area contributed by atoms with Crippen molar-refractivity contribution in [2.45, 2.75) is 16.7 Å². The normalized spacial score (nSPS) is 13.1. The van der Waals surface area contributed by atoms with E-state index in [0.717, 1.165) is 23.5 Å². The van der Waals surface area contributed by atoms with Crippen molar-refractivity contribution in [3.8, 4) is 0 Å². The van der Waals surface area contributed by atoms with Gasteiger partial charge in [0, 0.05) is 23.8 Å². The molecule has 1 atom stereocenters. The van der Waals surface area contributed by atoms with E-state index in [1.54, 1.807) is 19.3 Å². The van der Waals surface area contributed by atoms with Crippen molar-refractivity contribution in [3.63, 3.8) is 0 Å². The van der Waals surface area contributed by atoms with Gasteiger partial charge in [0.2, 0.25) is 0 Å². The van der Waals surface area contributed by atoms with Crippen molar-refractivity contribution < 1.29 is 17.2 Å². The Balaban J connectivity index is 1.95. The van der Waals surface area contributed by atoms with Gasteiger partial charge in [0.05, 0.1) is 11.7 Å². The molecule has 2 aromatic heterocycles. The Morgan fingerprint density at radius 3 is 2.63 bits per heavy atom. The van der Waals surface area contributed by atoms with Crippen LogP contribution in [0.5, 0.6) is 0 Å². The Hall–Kier alpha value is -1.33. The molecule has 0 radical (unpaired) electrons. The zero-order chi connectivity index (χ0) is 19.8. The first-order chi connectivity index (χ1) is 12.7. The second kappa shape index (κ2) is 7.96. The molecular weight excluding hydrogens is 484 g/mol. The third kappa shape index (κ3) is 4.75. The van der Waals surface area contributed by atoms with E-state index < -0.39 is 27.7 Å². The van der Waals surface area contributed by atoms with Gasteiger partial charge < -0.3 is 0 Å². The number of nitrogens with one attached hydrogen (secondary N) is 1. The van der Waals surface area contributed by atoms with Crippen LogP contribution >= 0.6 is 38.9 Å². The molecule has 1 N–H and O–H groups in total. The summed E-state index contributed by atoms with van der Waals surface area (Å²) in [5, 5.41) is 4.22. The summed E-state index contributed by atoms with van der Waals surface area (Å²) in [5.41, 5.74) is 0.576. The molecule has 0 aliphatic rings. The molecule has 144 valence electrons. The van der Waals surface area contributed by atoms with Gasteiger partial charge in [0.25, 0.3) is 10.0 Å². The first-order valence-corrected chi connectivity index (χ1v) is 11.0. The van der Waals surface area contributed by atoms with Crippen molar-refractivity contribution in [3.05, 3.63) is 68.2 Å². The topological polar surface area (TPSA) is 64.0 Å². The van der Waals surface area contributed by atoms with Crippen LogP contribution in [0.15, 0.2) is 45.2 Å². The molecule has 0 bridgehead atoms. The number of sulfonamides is 1. The smallest absolute Gasteiger partial charge is 0.250 e. The van der Waals surface area contributed by atoms with Gasteiger partial charge in [0.15, 0.2) is 0 Å². The van der Waals surface area contributed by atoms with Gasteiger partial charge in [-0.15, -0.1) is 11.3 Å². The van der Waals surface area contributed by atoms with Crippen LogP contribution in [0, 0.1) is 11.6 Å². The van der Waals surface area contributed by atoms with Gasteiger partial charge >= 0.3 is 0 Å². The van der Waals surface area contributed by atoms with Crippen LogP contribution in [0.2, 0.25) is 4.34 Å². The lowest BCUT2D eigenvalue weighted by Crippen LogP contribution is -2.30. The van der Waals surface area contributed by atoms with E-state index in [9.17, 15) is 17.2 Å². The fourth-order valence-electron chi connectivity index (χ4n) is 2.44. The van der Waals surface area contributed by atoms with Crippen LogP contribution in [0.25, 0.3) is 0 Å². The quantitative estimate of drug-likeness (QED) is 0.549. The minimum absolute atomic E-state index is 0.0138. The number of aryl methyl sites for hydroxylation is 1. The average Bonchev–Trinajstić information content (AvgIpc) is 3.16. The number of hydrogen-bond acceptors (Lipinski definition) is 4. The zero-order valence-corrected chi connectivity index (χ0v) is 17.8. The molecule has 0 saturated heterocycles. The lowest BCUT2D eigenvalue weighted by atomic mass is 10.0. The second-order valence-electron chi connectivity index (χ2n) is 5.72. The van der Waals surface area contributed by atoms with Gasteiger partial charge in [-0.1, -0.05) is 17.7 Å². The summed E-state index contributed by atoms with van der Waals surface area (Å²) in [7, 11) is -2.25. The lowest BCUT2D eigenvalue weighted by molar-refractivity contribution is 0.529. The molecule has 1 unspecified atom stereocenters. The number of rotatable bonds is 6. The highest BCUT2D eigenvalue weighted by Gasteiger charge is 2.26. The number of nitrogens with zero attached hydrogens (tertiary/aromatic N) is 2. The van der Waals surface area contributed by atoms with Crippen molar-refractivity contribution in [2.24, 2.45) is 7.05 Å². The molecule has 1 aromatic carbocycles. The predicted octanol–water partition coefficient (Wildman–Crippen LogP) is 4.44. The Morgan fingerprint density at radius 2 is 2.07 bits per heavy atom. The van der Waals surface area contributed by atoms with Gasteiger partial charge in [-0.05, 0) is 46.1 Å². The van der Waals surface area contributed by atoms with E-state index in [0.29, 0.717) is 14.5 Å². The molecule has 3 rings (SSSR count). The summed E-state index contributed by atoms with van der Waals surface area (Å²) >= 11 is 10.0. The molecule has 11 heteroatoms. The van der Waals surface area contributed by atoms with E-state index in [2.05, 4.69) is 25.8 Å². The van der Waals surface area contributed by atoms with E-state index >= 15 is 0 Å². The lowest BCUT2D eigenvalue weighted by Gasteiger charge is -2.17. The molecule has 0 spiro atoms. The summed E-state index contributed by atoms with van der Waals surface area (Å²) in [5.74, 6) is -1.46. The fraction of sp³-hybridized carbons (Fsp3) is 0.188. The number of hydrogen-bond donors (Lipinski definition) is 1. The highest BCUT2D eigenvalue weighted by atomic mass is 79.9. The third-order valence-corrected chi connectivity index (χ3v) is 8.14. The van der Waals surface area contributed by atoms with Crippen molar-refractivity contribution >= 4 is 48.9 Å². The largest absolute Gasteiger partial charge is 0.275 e. The van der Waals surface area contributed by atoms with Crippen LogP contribution in [0.4, 0.5) is 8.78 Å². The van der Waals surface area contributed by atoms with Crippen LogP contribution < -0.4 is 4.72 Å². The maximum atomic E-state index is 14.1. The first kappa shape index (κ1) is 20.4. The van der Waals surface area contributed by atoms with Crippen LogP contribution in [-0.2, 0) is 23.5 Å². The summed E-state index contributed by atoms with van der Waals surface area (Å²) in [6.45, 7) is 0. The monoisotopic (exact) mass is 495 g/mol. The van der Waals surface area contributed by atoms with Crippen molar-refractivity contribution in [1.29, 1.82) is 0 Å². The summed E-state index contributed by atoms with van der Waals surface area (Å²) in [6, 6.07) is 5.34. The zero-order valence-electron chi connectivity index (χ0n) is 13.8. The predicted molar refractivity (Wildman–Crippen MR) is 103 cm³/mol. The molecule has 0 aliphatic carbocycles. The van der Waals surface area contributed by atoms with Gasteiger partial charge in [-0.3, -0.25) is 4.68 Å². The van der Waals surface area contributed by atoms with E-state index in [-0.39, 0.29) is 16.2 Å². The van der Waals surface area contributed by atoms with Crippen LogP contribution in [0.3, 0.4) is 0 Å². The standard InChI is InChI=1S/C16H13BrClF2N3O2S2/c1-23-5-4-13(21-23)14(6-9-2-3-10(19)7-12(9)20)22-27(24,25)15-8-11(17)16(18)26-15/h2-5,7-8,14,22H,6H2,1H3. The van der Waals surface area contributed by atoms with Crippen molar-refractivity contribution in [2.75, 3.05) is 0 Å². The minimum Gasteiger partial charge on any atom is -0.275 e. The molecule has 0 aliphatic heterocycles. The van der Waals surface area contributed by atoms with Crippen molar-refractivity contribution in [1.82, 2.24) is 14.5 Å². The third-order valence-electron chi connectivity index (χ3n) is 3.72. The number of benzene rings is 1. The highest BCUT2D eigenvalue weighted by Crippen LogP contribution is 2.35. The number of aromatic nitrogens is 2. The molecular formula is C16H13BrClF2N3O2S2. The Kier molecular flexibility index (Phi) is 6.02. The molecule has 5 nitrogen and oxygen atoms in total. The van der Waals surface area contributed by atoms with E-state index in [1.165, 1.54) is 16.8 Å². The Bertz CT molecular complexity index is 1070. The number of thiophene rings is 1. The molecule has 0 amide bonds. The van der Waals surface area contributed by atoms with Gasteiger partial charge in [-0.2, -0.15) is 5.10 Å². The van der Waals surface area contributed by atoms with E-state index in [1.807, 2.05) is 0 Å². The maximum Gasteiger partial charge on any atom is 0.250 e. The van der Waals surface area contributed by atoms with Gasteiger partial charge in [-0.25, -0.2) is 21.9 Å². The number of halogens is 4. The Labute approximate surface area is 172 Å². The molecule has 27 heavy (non-hydrogen) atoms. The second-order valence-corrected chi connectivity index (χ2v) is 10.2. The molecule has 2 heterocycles. The minimum atomic E-state index is -3.93. The summed E-state index contributed by atoms with van der Waals surface area (Å²) < 4.78 is 57.6. The SMILES string of the molecule is Cn1ccc(C(Cc2ccc(F)cc2F)NS(=O)(=O)c2cc(Br)c(Cl)s2)n1. The van der Waals surface area contributed by atoms with E-state index in [4.69, 9.17) is 11.6 Å². The highest BCUT2D eigenvalue weighted by molar-refractivity contribution is 9.10. The average molecular weight is 497 g/mol. The fourth-order valence-corrected chi connectivity index (χ4v) is 5.96. The first-order valence-electron chi connectivity index (χ1n) is 7.56. The molecule has 0 saturated carbocycles. The summed E-state index contributed by atoms with van der Waals surface area (Å²) in [6.07, 6.45) is 1.61. The van der Waals surface area contributed by atoms with Crippen LogP contribution in [0.1, 0.15) is 17.3 Å². The van der Waals surface area contributed by atoms with Crippen LogP contribution in [-0.4, -0.2) is 18.2 Å². The summed E-state index contributed by atoms with van der Waals surface area (Å²) in [4.78, 5) is 0. The molecule has 3 aromatic rings. The van der Waals surface area contributed by atoms with Gasteiger partial charge in [0.1, 0.15) is 20.2 Å². The maximum absolute atomic E-state index is 14.1. The molecule has 0 fully saturated rings.